The minimum atomic E-state index is -3.86. The zero-order valence-electron chi connectivity index (χ0n) is 15.4. The zero-order chi connectivity index (χ0) is 20.9. The average molecular weight is 425 g/mol. The van der Waals surface area contributed by atoms with Crippen LogP contribution in [0.4, 0.5) is 11.4 Å². The lowest BCUT2D eigenvalue weighted by atomic mass is 10.2. The predicted octanol–water partition coefficient (Wildman–Crippen LogP) is 2.58. The molecule has 2 aromatic carbocycles. The van der Waals surface area contributed by atoms with Crippen LogP contribution in [0.15, 0.2) is 52.3 Å². The van der Waals surface area contributed by atoms with E-state index in [4.69, 9.17) is 4.74 Å². The molecule has 0 heterocycles. The smallest absolute Gasteiger partial charge is 0.271 e. The second kappa shape index (κ2) is 9.04. The van der Waals surface area contributed by atoms with Gasteiger partial charge in [-0.25, -0.2) is 8.42 Å². The van der Waals surface area contributed by atoms with E-state index >= 15 is 0 Å². The average Bonchev–Trinajstić information content (AvgIpc) is 2.67. The van der Waals surface area contributed by atoms with E-state index in [2.05, 4.69) is 5.32 Å². The van der Waals surface area contributed by atoms with Crippen LogP contribution in [0.5, 0.6) is 5.75 Å². The summed E-state index contributed by atoms with van der Waals surface area (Å²) in [5.74, 6) is -0.442. The van der Waals surface area contributed by atoms with Crippen LogP contribution in [-0.4, -0.2) is 50.5 Å². The van der Waals surface area contributed by atoms with Crippen molar-refractivity contribution in [3.05, 3.63) is 52.6 Å². The van der Waals surface area contributed by atoms with Crippen LogP contribution in [0.3, 0.4) is 0 Å². The van der Waals surface area contributed by atoms with Crippen molar-refractivity contribution in [2.24, 2.45) is 0 Å². The molecule has 1 amide bonds. The largest absolute Gasteiger partial charge is 0.495 e. The van der Waals surface area contributed by atoms with Gasteiger partial charge in [0.05, 0.1) is 29.2 Å². The number of thioether (sulfide) groups is 1. The van der Waals surface area contributed by atoms with E-state index in [9.17, 15) is 23.3 Å². The van der Waals surface area contributed by atoms with E-state index in [0.717, 1.165) is 15.3 Å². The lowest BCUT2D eigenvalue weighted by Gasteiger charge is -2.17. The molecular weight excluding hydrogens is 406 g/mol. The van der Waals surface area contributed by atoms with Gasteiger partial charge in [0.1, 0.15) is 5.75 Å². The lowest BCUT2D eigenvalue weighted by Crippen LogP contribution is -2.35. The van der Waals surface area contributed by atoms with Crippen LogP contribution in [0.2, 0.25) is 0 Å². The molecule has 9 nitrogen and oxygen atoms in total. The number of methoxy groups -OCH3 is 1. The van der Waals surface area contributed by atoms with Crippen molar-refractivity contribution in [3.8, 4) is 5.75 Å². The summed E-state index contributed by atoms with van der Waals surface area (Å²) in [7, 11) is -1.23. The molecule has 0 aliphatic rings. The Labute approximate surface area is 166 Å². The lowest BCUT2D eigenvalue weighted by molar-refractivity contribution is -0.384. The first-order valence-corrected chi connectivity index (χ1v) is 10.6. The molecule has 0 aliphatic carbocycles. The normalized spacial score (nSPS) is 11.3. The monoisotopic (exact) mass is 425 g/mol. The van der Waals surface area contributed by atoms with Crippen molar-refractivity contribution in [2.75, 3.05) is 32.3 Å². The third-order valence-corrected chi connectivity index (χ3v) is 6.36. The Morgan fingerprint density at radius 2 is 1.89 bits per heavy atom. The number of non-ortho nitro benzene ring substituents is 1. The maximum atomic E-state index is 12.6. The van der Waals surface area contributed by atoms with Gasteiger partial charge >= 0.3 is 0 Å². The van der Waals surface area contributed by atoms with Crippen molar-refractivity contribution < 1.29 is 22.9 Å². The Balaban J connectivity index is 2.15. The number of nitrogens with zero attached hydrogens (tertiary/aromatic N) is 2. The first-order valence-electron chi connectivity index (χ1n) is 7.91. The number of anilines is 1. The molecule has 2 aromatic rings. The molecule has 0 aromatic heterocycles. The molecule has 150 valence electrons. The number of sulfonamides is 1. The maximum Gasteiger partial charge on any atom is 0.271 e. The number of nitro benzene ring substituents is 1. The molecule has 0 saturated heterocycles. The summed E-state index contributed by atoms with van der Waals surface area (Å²) in [4.78, 5) is 23.6. The number of rotatable bonds is 8. The number of ether oxygens (including phenoxy) is 1. The molecule has 0 bridgehead atoms. The van der Waals surface area contributed by atoms with Gasteiger partial charge in [-0.1, -0.05) is 0 Å². The predicted molar refractivity (Wildman–Crippen MR) is 106 cm³/mol. The number of hydrogen-bond donors (Lipinski definition) is 1. The van der Waals surface area contributed by atoms with Crippen molar-refractivity contribution in [1.82, 2.24) is 4.31 Å². The Bertz CT molecular complexity index is 977. The first kappa shape index (κ1) is 21.7. The number of carbonyl (C=O) groups is 1. The topological polar surface area (TPSA) is 119 Å². The molecule has 0 unspecified atom stereocenters. The number of carbonyl (C=O) groups excluding carboxylic acids is 1. The molecule has 0 radical (unpaired) electrons. The molecule has 11 heteroatoms. The number of amides is 1. The van der Waals surface area contributed by atoms with Crippen LogP contribution in [0.25, 0.3) is 0 Å². The zero-order valence-corrected chi connectivity index (χ0v) is 17.0. The molecule has 28 heavy (non-hydrogen) atoms. The summed E-state index contributed by atoms with van der Waals surface area (Å²) < 4.78 is 31.2. The summed E-state index contributed by atoms with van der Waals surface area (Å²) >= 11 is 1.48. The van der Waals surface area contributed by atoms with Crippen LogP contribution in [0, 0.1) is 10.1 Å². The SMILES string of the molecule is COc1ccc([N+](=O)[O-])cc1NC(=O)CN(C)S(=O)(=O)c1ccc(SC)cc1. The van der Waals surface area contributed by atoms with Crippen LogP contribution < -0.4 is 10.1 Å². The Morgan fingerprint density at radius 1 is 1.25 bits per heavy atom. The van der Waals surface area contributed by atoms with E-state index < -0.39 is 27.4 Å². The van der Waals surface area contributed by atoms with Gasteiger partial charge in [-0.3, -0.25) is 14.9 Å². The van der Waals surface area contributed by atoms with Gasteiger partial charge < -0.3 is 10.1 Å². The van der Waals surface area contributed by atoms with E-state index in [-0.39, 0.29) is 22.0 Å². The van der Waals surface area contributed by atoms with Crippen molar-refractivity contribution in [3.63, 3.8) is 0 Å². The second-order valence-electron chi connectivity index (χ2n) is 5.63. The van der Waals surface area contributed by atoms with Crippen LogP contribution in [0.1, 0.15) is 0 Å². The van der Waals surface area contributed by atoms with Crippen molar-refractivity contribution in [1.29, 1.82) is 0 Å². The Hall–Kier alpha value is -2.63. The highest BCUT2D eigenvalue weighted by Crippen LogP contribution is 2.29. The van der Waals surface area contributed by atoms with E-state index in [1.54, 1.807) is 12.1 Å². The Kier molecular flexibility index (Phi) is 7.00. The Morgan fingerprint density at radius 3 is 2.43 bits per heavy atom. The van der Waals surface area contributed by atoms with Gasteiger partial charge in [0.2, 0.25) is 15.9 Å². The van der Waals surface area contributed by atoms with E-state index in [0.29, 0.717) is 0 Å². The molecule has 0 spiro atoms. The molecule has 1 N–H and O–H groups in total. The fourth-order valence-corrected chi connectivity index (χ4v) is 3.85. The number of nitro groups is 1. The fourth-order valence-electron chi connectivity index (χ4n) is 2.31. The molecule has 2 rings (SSSR count). The standard InChI is InChI=1S/C17H19N3O6S2/c1-19(28(24,25)14-7-5-13(27-3)6-8-14)11-17(21)18-15-10-12(20(22)23)4-9-16(15)26-2/h4-10H,11H2,1-3H3,(H,18,21). The van der Waals surface area contributed by atoms with Crippen LogP contribution >= 0.6 is 11.8 Å². The molecule has 0 aliphatic heterocycles. The summed E-state index contributed by atoms with van der Waals surface area (Å²) in [5.41, 5.74) is -0.150. The van der Waals surface area contributed by atoms with Crippen molar-refractivity contribution >= 4 is 39.1 Å². The van der Waals surface area contributed by atoms with Gasteiger partial charge in [0, 0.05) is 24.1 Å². The van der Waals surface area contributed by atoms with Gasteiger partial charge in [-0.2, -0.15) is 4.31 Å². The highest BCUT2D eigenvalue weighted by Gasteiger charge is 2.23. The number of nitrogens with one attached hydrogen (secondary N) is 1. The number of benzene rings is 2. The summed E-state index contributed by atoms with van der Waals surface area (Å²) in [6.07, 6.45) is 1.88. The molecule has 0 fully saturated rings. The summed E-state index contributed by atoms with van der Waals surface area (Å²) in [6, 6.07) is 10.0. The minimum Gasteiger partial charge on any atom is -0.495 e. The minimum absolute atomic E-state index is 0.0635. The molecule has 0 saturated carbocycles. The van der Waals surface area contributed by atoms with E-state index in [1.165, 1.54) is 50.2 Å². The van der Waals surface area contributed by atoms with Crippen molar-refractivity contribution in [2.45, 2.75) is 9.79 Å². The molecular formula is C17H19N3O6S2. The summed E-state index contributed by atoms with van der Waals surface area (Å²) in [6.45, 7) is -0.474. The third kappa shape index (κ3) is 5.00. The maximum absolute atomic E-state index is 12.6. The number of hydrogen-bond acceptors (Lipinski definition) is 7. The van der Waals surface area contributed by atoms with Crippen LogP contribution in [-0.2, 0) is 14.8 Å². The second-order valence-corrected chi connectivity index (χ2v) is 8.55. The van der Waals surface area contributed by atoms with Gasteiger partial charge in [-0.05, 0) is 36.6 Å². The molecule has 0 atom stereocenters. The van der Waals surface area contributed by atoms with Gasteiger partial charge in [0.15, 0.2) is 0 Å². The quantitative estimate of drug-likeness (QED) is 0.392. The first-order chi connectivity index (χ1) is 13.2. The van der Waals surface area contributed by atoms with E-state index in [1.807, 2.05) is 6.26 Å². The summed E-state index contributed by atoms with van der Waals surface area (Å²) in [5, 5.41) is 13.4. The fraction of sp³-hybridized carbons (Fsp3) is 0.235. The van der Waals surface area contributed by atoms with Gasteiger partial charge in [0.25, 0.3) is 5.69 Å². The third-order valence-electron chi connectivity index (χ3n) is 3.80. The number of likely N-dealkylation sites (N-methyl/N-ethyl adjacent to an activating group) is 1. The highest BCUT2D eigenvalue weighted by molar-refractivity contribution is 7.98. The van der Waals surface area contributed by atoms with Gasteiger partial charge in [-0.15, -0.1) is 11.8 Å². The highest BCUT2D eigenvalue weighted by atomic mass is 32.2.